The molecule has 0 saturated carbocycles. The molecule has 90 valence electrons. The number of fused-ring (bicyclic) bond motifs is 1. The van der Waals surface area contributed by atoms with Crippen LogP contribution in [0.5, 0.6) is 0 Å². The van der Waals surface area contributed by atoms with Crippen LogP contribution in [0.3, 0.4) is 0 Å². The molecular formula is C14H13N3O. The van der Waals surface area contributed by atoms with Gasteiger partial charge in [0.05, 0.1) is 0 Å². The lowest BCUT2D eigenvalue weighted by Crippen LogP contribution is -2.09. The molecule has 0 spiro atoms. The third kappa shape index (κ3) is 1.54. The van der Waals surface area contributed by atoms with E-state index in [1.165, 1.54) is 16.5 Å². The van der Waals surface area contributed by atoms with Crippen LogP contribution in [-0.2, 0) is 0 Å². The monoisotopic (exact) mass is 239 g/mol. The third-order valence-electron chi connectivity index (χ3n) is 3.29. The molecule has 0 unspecified atom stereocenters. The summed E-state index contributed by atoms with van der Waals surface area (Å²) in [5.41, 5.74) is 4.05. The fraction of sp³-hybridized carbons (Fsp3) is 0.143. The first-order valence-corrected chi connectivity index (χ1v) is 5.78. The zero-order valence-corrected chi connectivity index (χ0v) is 10.3. The maximum absolute atomic E-state index is 12.2. The number of carbonyl (C=O) groups is 1. The summed E-state index contributed by atoms with van der Waals surface area (Å²) in [7, 11) is 0. The number of nitrogens with zero attached hydrogens (tertiary/aromatic N) is 2. The molecule has 2 heterocycles. The molecule has 0 atom stereocenters. The average molecular weight is 239 g/mol. The van der Waals surface area contributed by atoms with E-state index in [2.05, 4.69) is 16.9 Å². The number of aromatic nitrogens is 3. The number of nitrogens with one attached hydrogen (secondary N) is 1. The minimum atomic E-state index is -0.0624. The molecule has 0 saturated heterocycles. The summed E-state index contributed by atoms with van der Waals surface area (Å²) in [6, 6.07) is 5.70. The summed E-state index contributed by atoms with van der Waals surface area (Å²) < 4.78 is 1.48. The van der Waals surface area contributed by atoms with Gasteiger partial charge in [-0.1, -0.05) is 0 Å². The number of hydrogen-bond acceptors (Lipinski definition) is 2. The number of aromatic amines is 1. The number of carbonyl (C=O) groups excluding carboxylic acids is 1. The Labute approximate surface area is 104 Å². The van der Waals surface area contributed by atoms with E-state index in [1.54, 1.807) is 12.4 Å². The van der Waals surface area contributed by atoms with Gasteiger partial charge < -0.3 is 4.98 Å². The number of rotatable bonds is 1. The molecule has 2 aromatic heterocycles. The third-order valence-corrected chi connectivity index (χ3v) is 3.29. The Balaban J connectivity index is 2.13. The minimum absolute atomic E-state index is 0.0624. The van der Waals surface area contributed by atoms with E-state index in [0.29, 0.717) is 5.56 Å². The fourth-order valence-electron chi connectivity index (χ4n) is 2.12. The van der Waals surface area contributed by atoms with E-state index < -0.39 is 0 Å². The van der Waals surface area contributed by atoms with Gasteiger partial charge in [-0.2, -0.15) is 0 Å². The van der Waals surface area contributed by atoms with Crippen molar-refractivity contribution in [3.8, 4) is 0 Å². The number of aryl methyl sites for hydroxylation is 2. The summed E-state index contributed by atoms with van der Waals surface area (Å²) in [5.74, 6) is -0.0624. The SMILES string of the molecule is Cc1[nH]c2ccc(C(=O)n3ccnc3)cc2c1C. The van der Waals surface area contributed by atoms with Gasteiger partial charge in [0.25, 0.3) is 5.91 Å². The van der Waals surface area contributed by atoms with Gasteiger partial charge in [0, 0.05) is 34.6 Å². The lowest BCUT2D eigenvalue weighted by atomic mass is 10.1. The van der Waals surface area contributed by atoms with Crippen LogP contribution in [0, 0.1) is 13.8 Å². The van der Waals surface area contributed by atoms with E-state index in [1.807, 2.05) is 25.1 Å². The Morgan fingerprint density at radius 3 is 2.89 bits per heavy atom. The first-order valence-electron chi connectivity index (χ1n) is 5.78. The highest BCUT2D eigenvalue weighted by Crippen LogP contribution is 2.22. The Bertz CT molecular complexity index is 723. The predicted octanol–water partition coefficient (Wildman–Crippen LogP) is 2.67. The van der Waals surface area contributed by atoms with Gasteiger partial charge in [0.2, 0.25) is 0 Å². The number of benzene rings is 1. The van der Waals surface area contributed by atoms with Crippen molar-refractivity contribution >= 4 is 16.8 Å². The van der Waals surface area contributed by atoms with Crippen molar-refractivity contribution in [1.29, 1.82) is 0 Å². The smallest absolute Gasteiger partial charge is 0.263 e. The first kappa shape index (κ1) is 10.8. The van der Waals surface area contributed by atoms with Crippen LogP contribution in [0.15, 0.2) is 36.9 Å². The largest absolute Gasteiger partial charge is 0.358 e. The quantitative estimate of drug-likeness (QED) is 0.709. The number of hydrogen-bond donors (Lipinski definition) is 1. The van der Waals surface area contributed by atoms with Crippen molar-refractivity contribution in [2.75, 3.05) is 0 Å². The van der Waals surface area contributed by atoms with Crippen molar-refractivity contribution in [2.45, 2.75) is 13.8 Å². The van der Waals surface area contributed by atoms with Crippen LogP contribution < -0.4 is 0 Å². The van der Waals surface area contributed by atoms with Gasteiger partial charge in [0.1, 0.15) is 6.33 Å². The zero-order valence-electron chi connectivity index (χ0n) is 10.3. The molecule has 3 rings (SSSR count). The Kier molecular flexibility index (Phi) is 2.30. The molecule has 4 nitrogen and oxygen atoms in total. The van der Waals surface area contributed by atoms with Gasteiger partial charge in [-0.3, -0.25) is 9.36 Å². The lowest BCUT2D eigenvalue weighted by Gasteiger charge is -2.01. The summed E-state index contributed by atoms with van der Waals surface area (Å²) in [6.45, 7) is 4.09. The van der Waals surface area contributed by atoms with Gasteiger partial charge in [-0.15, -0.1) is 0 Å². The Morgan fingerprint density at radius 2 is 2.17 bits per heavy atom. The van der Waals surface area contributed by atoms with Crippen molar-refractivity contribution < 1.29 is 4.79 Å². The second-order valence-corrected chi connectivity index (χ2v) is 4.41. The van der Waals surface area contributed by atoms with Gasteiger partial charge in [-0.05, 0) is 37.6 Å². The first-order chi connectivity index (χ1) is 8.66. The summed E-state index contributed by atoms with van der Waals surface area (Å²) in [5, 5.41) is 1.10. The minimum Gasteiger partial charge on any atom is -0.358 e. The van der Waals surface area contributed by atoms with Crippen LogP contribution in [0.1, 0.15) is 21.6 Å². The predicted molar refractivity (Wildman–Crippen MR) is 69.7 cm³/mol. The van der Waals surface area contributed by atoms with Crippen molar-refractivity contribution in [3.05, 3.63) is 53.7 Å². The van der Waals surface area contributed by atoms with Gasteiger partial charge in [0.15, 0.2) is 0 Å². The molecule has 18 heavy (non-hydrogen) atoms. The topological polar surface area (TPSA) is 50.7 Å². The second kappa shape index (κ2) is 3.84. The van der Waals surface area contributed by atoms with E-state index >= 15 is 0 Å². The highest BCUT2D eigenvalue weighted by Gasteiger charge is 2.11. The molecule has 0 fully saturated rings. The van der Waals surface area contributed by atoms with Crippen molar-refractivity contribution in [3.63, 3.8) is 0 Å². The maximum atomic E-state index is 12.2. The number of H-pyrrole nitrogens is 1. The second-order valence-electron chi connectivity index (χ2n) is 4.41. The molecule has 0 amide bonds. The molecule has 1 N–H and O–H groups in total. The summed E-state index contributed by atoms with van der Waals surface area (Å²) in [4.78, 5) is 19.4. The normalized spacial score (nSPS) is 11.0. The highest BCUT2D eigenvalue weighted by atomic mass is 16.2. The molecule has 0 aliphatic rings. The zero-order chi connectivity index (χ0) is 12.7. The molecule has 0 radical (unpaired) electrons. The average Bonchev–Trinajstić information content (AvgIpc) is 2.99. The molecule has 1 aromatic carbocycles. The molecular weight excluding hydrogens is 226 g/mol. The van der Waals surface area contributed by atoms with E-state index in [4.69, 9.17) is 0 Å². The van der Waals surface area contributed by atoms with Crippen molar-refractivity contribution in [2.24, 2.45) is 0 Å². The Hall–Kier alpha value is -2.36. The van der Waals surface area contributed by atoms with E-state index in [-0.39, 0.29) is 5.91 Å². The summed E-state index contributed by atoms with van der Waals surface area (Å²) >= 11 is 0. The molecule has 3 aromatic rings. The molecule has 0 aliphatic heterocycles. The van der Waals surface area contributed by atoms with Crippen LogP contribution in [0.25, 0.3) is 10.9 Å². The lowest BCUT2D eigenvalue weighted by molar-refractivity contribution is 0.0960. The fourth-order valence-corrected chi connectivity index (χ4v) is 2.12. The van der Waals surface area contributed by atoms with E-state index in [9.17, 15) is 4.79 Å². The van der Waals surface area contributed by atoms with Gasteiger partial charge in [-0.25, -0.2) is 4.98 Å². The van der Waals surface area contributed by atoms with Crippen LogP contribution in [-0.4, -0.2) is 20.4 Å². The van der Waals surface area contributed by atoms with Gasteiger partial charge >= 0.3 is 0 Å². The van der Waals surface area contributed by atoms with Crippen molar-refractivity contribution in [1.82, 2.24) is 14.5 Å². The standard InChI is InChI=1S/C14H13N3O/c1-9-10(2)16-13-4-3-11(7-12(9)13)14(18)17-6-5-15-8-17/h3-8,16H,1-2H3. The summed E-state index contributed by atoms with van der Waals surface area (Å²) in [6.07, 6.45) is 4.77. The Morgan fingerprint density at radius 1 is 1.33 bits per heavy atom. The number of imidazole rings is 1. The van der Waals surface area contributed by atoms with Crippen LogP contribution in [0.4, 0.5) is 0 Å². The highest BCUT2D eigenvalue weighted by molar-refractivity contribution is 6.00. The molecule has 0 bridgehead atoms. The van der Waals surface area contributed by atoms with Crippen LogP contribution >= 0.6 is 0 Å². The van der Waals surface area contributed by atoms with E-state index in [0.717, 1.165) is 16.6 Å². The van der Waals surface area contributed by atoms with Crippen LogP contribution in [0.2, 0.25) is 0 Å². The maximum Gasteiger partial charge on any atom is 0.263 e. The molecule has 4 heteroatoms. The molecule has 0 aliphatic carbocycles.